The van der Waals surface area contributed by atoms with Crippen LogP contribution in [0.4, 0.5) is 0 Å². The molecule has 0 amide bonds. The van der Waals surface area contributed by atoms with Crippen LogP contribution in [0.1, 0.15) is 0 Å². The second-order valence-electron chi connectivity index (χ2n) is 13.9. The maximum absolute atomic E-state index is 6.95. The van der Waals surface area contributed by atoms with Crippen molar-refractivity contribution in [2.75, 3.05) is 0 Å². The lowest BCUT2D eigenvalue weighted by molar-refractivity contribution is 0.388. The van der Waals surface area contributed by atoms with Gasteiger partial charge in [-0.05, 0) is 121 Å². The van der Waals surface area contributed by atoms with Crippen LogP contribution in [0.2, 0.25) is 0 Å². The number of rotatable bonds is 12. The van der Waals surface area contributed by atoms with Crippen molar-refractivity contribution in [1.29, 1.82) is 0 Å². The monoisotopic (exact) mass is 766 g/mol. The zero-order valence-corrected chi connectivity index (χ0v) is 32.6. The Kier molecular flexibility index (Phi) is 10.9. The highest BCUT2D eigenvalue weighted by molar-refractivity contribution is 7.43. The fourth-order valence-corrected chi connectivity index (χ4v) is 8.00. The third-order valence-corrected chi connectivity index (χ3v) is 11.0. The van der Waals surface area contributed by atoms with Crippen LogP contribution in [-0.2, 0) is 0 Å². The second kappa shape index (κ2) is 17.3. The lowest BCUT2D eigenvalue weighted by atomic mass is 9.98. The topological polar surface area (TPSA) is 27.7 Å². The predicted molar refractivity (Wildman–Crippen MR) is 241 cm³/mol. The first-order valence-electron chi connectivity index (χ1n) is 19.3. The van der Waals surface area contributed by atoms with Crippen molar-refractivity contribution in [3.8, 4) is 84.0 Å². The van der Waals surface area contributed by atoms with E-state index in [2.05, 4.69) is 200 Å². The highest BCUT2D eigenvalue weighted by Gasteiger charge is 2.23. The van der Waals surface area contributed by atoms with Gasteiger partial charge in [-0.15, -0.1) is 0 Å². The highest BCUT2D eigenvalue weighted by Crippen LogP contribution is 2.47. The molecular formula is C54H39O3P. The Bertz CT molecular complexity index is 2250. The van der Waals surface area contributed by atoms with E-state index in [9.17, 15) is 0 Å². The minimum atomic E-state index is -2.08. The van der Waals surface area contributed by atoms with Crippen LogP contribution >= 0.6 is 8.60 Å². The van der Waals surface area contributed by atoms with E-state index in [1.807, 2.05) is 36.4 Å². The Balaban J connectivity index is 1.17. The van der Waals surface area contributed by atoms with E-state index in [4.69, 9.17) is 13.6 Å². The summed E-state index contributed by atoms with van der Waals surface area (Å²) in [6.07, 6.45) is 0. The van der Waals surface area contributed by atoms with Gasteiger partial charge in [0.05, 0.1) is 0 Å². The molecule has 0 aliphatic carbocycles. The molecule has 0 fully saturated rings. The molecule has 0 aromatic heterocycles. The van der Waals surface area contributed by atoms with E-state index in [1.165, 1.54) is 0 Å². The summed E-state index contributed by atoms with van der Waals surface area (Å²) in [6.45, 7) is 0. The van der Waals surface area contributed by atoms with Crippen LogP contribution in [0.25, 0.3) is 66.8 Å². The van der Waals surface area contributed by atoms with Gasteiger partial charge < -0.3 is 13.6 Å². The van der Waals surface area contributed by atoms with Crippen molar-refractivity contribution in [3.63, 3.8) is 0 Å². The van der Waals surface area contributed by atoms with Gasteiger partial charge in [-0.2, -0.15) is 0 Å². The van der Waals surface area contributed by atoms with Gasteiger partial charge >= 0.3 is 8.60 Å². The van der Waals surface area contributed by atoms with Crippen LogP contribution in [0.3, 0.4) is 0 Å². The lowest BCUT2D eigenvalue weighted by Crippen LogP contribution is -2.03. The van der Waals surface area contributed by atoms with E-state index < -0.39 is 8.60 Å². The molecule has 0 spiro atoms. The van der Waals surface area contributed by atoms with Crippen molar-refractivity contribution in [3.05, 3.63) is 237 Å². The fraction of sp³-hybridized carbons (Fsp3) is 0. The molecule has 0 radical (unpaired) electrons. The Morgan fingerprint density at radius 2 is 0.362 bits per heavy atom. The fourth-order valence-electron chi connectivity index (χ4n) is 7.05. The number of hydrogen-bond acceptors (Lipinski definition) is 3. The summed E-state index contributed by atoms with van der Waals surface area (Å²) in [5.41, 5.74) is 12.7. The first-order chi connectivity index (χ1) is 28.7. The summed E-state index contributed by atoms with van der Waals surface area (Å²) in [4.78, 5) is 0. The largest absolute Gasteiger partial charge is 0.530 e. The molecule has 58 heavy (non-hydrogen) atoms. The molecule has 0 bridgehead atoms. The lowest BCUT2D eigenvalue weighted by Gasteiger charge is -2.21. The molecule has 0 saturated heterocycles. The van der Waals surface area contributed by atoms with Gasteiger partial charge in [0.2, 0.25) is 0 Å². The smallest absolute Gasteiger partial charge is 0.408 e. The third-order valence-electron chi connectivity index (χ3n) is 9.90. The highest BCUT2D eigenvalue weighted by atomic mass is 31.2. The molecule has 3 nitrogen and oxygen atoms in total. The first-order valence-corrected chi connectivity index (χ1v) is 20.4. The second-order valence-corrected chi connectivity index (χ2v) is 14.9. The Hall–Kier alpha value is -7.19. The minimum absolute atomic E-state index is 0.635. The molecule has 0 saturated carbocycles. The number of hydrogen-bond donors (Lipinski definition) is 0. The van der Waals surface area contributed by atoms with Crippen LogP contribution in [0, 0.1) is 0 Å². The number of benzene rings is 9. The Morgan fingerprint density at radius 1 is 0.190 bits per heavy atom. The van der Waals surface area contributed by atoms with Gasteiger partial charge in [0.15, 0.2) is 0 Å². The first kappa shape index (κ1) is 36.4. The molecule has 0 atom stereocenters. The van der Waals surface area contributed by atoms with Crippen molar-refractivity contribution >= 4 is 8.60 Å². The van der Waals surface area contributed by atoms with Crippen molar-refractivity contribution in [2.24, 2.45) is 0 Å². The van der Waals surface area contributed by atoms with Gasteiger partial charge in [0.1, 0.15) is 17.2 Å². The molecule has 0 unspecified atom stereocenters. The average molecular weight is 767 g/mol. The quantitative estimate of drug-likeness (QED) is 0.116. The van der Waals surface area contributed by atoms with E-state index in [-0.39, 0.29) is 0 Å². The summed E-state index contributed by atoms with van der Waals surface area (Å²) < 4.78 is 20.8. The molecule has 9 aromatic rings. The summed E-state index contributed by atoms with van der Waals surface area (Å²) in [5, 5.41) is 0. The zero-order chi connectivity index (χ0) is 38.9. The zero-order valence-electron chi connectivity index (χ0n) is 31.7. The Labute approximate surface area is 341 Å². The molecular weight excluding hydrogens is 728 g/mol. The maximum Gasteiger partial charge on any atom is 0.530 e. The molecule has 4 heteroatoms. The summed E-state index contributed by atoms with van der Waals surface area (Å²) in [7, 11) is -2.08. The molecule has 0 aliphatic heterocycles. The van der Waals surface area contributed by atoms with Crippen molar-refractivity contribution < 1.29 is 13.6 Å². The van der Waals surface area contributed by atoms with E-state index >= 15 is 0 Å². The van der Waals surface area contributed by atoms with Gasteiger partial charge in [0.25, 0.3) is 0 Å². The average Bonchev–Trinajstić information content (AvgIpc) is 3.30. The predicted octanol–water partition coefficient (Wildman–Crippen LogP) is 15.5. The molecule has 0 heterocycles. The summed E-state index contributed by atoms with van der Waals surface area (Å²) in [5.74, 6) is 1.91. The molecule has 0 N–H and O–H groups in total. The van der Waals surface area contributed by atoms with Crippen molar-refractivity contribution in [2.45, 2.75) is 0 Å². The molecule has 0 aliphatic rings. The third kappa shape index (κ3) is 8.77. The van der Waals surface area contributed by atoms with Crippen LogP contribution in [0.15, 0.2) is 237 Å². The van der Waals surface area contributed by atoms with Gasteiger partial charge in [0, 0.05) is 0 Å². The maximum atomic E-state index is 6.95. The molecule has 9 rings (SSSR count). The summed E-state index contributed by atoms with van der Waals surface area (Å²) >= 11 is 0. The summed E-state index contributed by atoms with van der Waals surface area (Å²) in [6, 6.07) is 81.2. The van der Waals surface area contributed by atoms with Crippen LogP contribution in [0.5, 0.6) is 17.2 Å². The van der Waals surface area contributed by atoms with Crippen LogP contribution in [-0.4, -0.2) is 0 Å². The van der Waals surface area contributed by atoms with Gasteiger partial charge in [-0.25, -0.2) is 0 Å². The van der Waals surface area contributed by atoms with Crippen molar-refractivity contribution in [1.82, 2.24) is 0 Å². The molecule has 278 valence electrons. The van der Waals surface area contributed by atoms with E-state index in [0.29, 0.717) is 17.2 Å². The van der Waals surface area contributed by atoms with Crippen LogP contribution < -0.4 is 13.6 Å². The molecule has 9 aromatic carbocycles. The standard InChI is InChI=1S/C54H39O3P/c1-7-19-40(20-8-1)46-31-47(41-21-9-2-10-22-41)35-52(34-46)55-58(56-53-36-48(42-23-11-3-12-24-42)32-49(37-53)43-25-13-4-14-26-43)57-54-38-50(44-27-15-5-16-28-44)33-51(39-54)45-29-17-6-18-30-45/h1-39H. The normalized spacial score (nSPS) is 10.9. The van der Waals surface area contributed by atoms with E-state index in [0.717, 1.165) is 66.8 Å². The SMILES string of the molecule is c1ccc(-c2cc(OP(Oc3cc(-c4ccccc4)cc(-c4ccccc4)c3)Oc3cc(-c4ccccc4)cc(-c4ccccc4)c3)cc(-c3ccccc3)c2)cc1. The van der Waals surface area contributed by atoms with E-state index in [1.54, 1.807) is 0 Å². The van der Waals surface area contributed by atoms with Gasteiger partial charge in [-0.1, -0.05) is 182 Å². The van der Waals surface area contributed by atoms with Gasteiger partial charge in [-0.3, -0.25) is 0 Å². The minimum Gasteiger partial charge on any atom is -0.408 e. The Morgan fingerprint density at radius 3 is 0.534 bits per heavy atom.